The van der Waals surface area contributed by atoms with Gasteiger partial charge >= 0.3 is 0 Å². The van der Waals surface area contributed by atoms with Gasteiger partial charge in [-0.15, -0.1) is 0 Å². The molecular weight excluding hydrogens is 409 g/mol. The topological polar surface area (TPSA) is 88.8 Å². The Bertz CT molecular complexity index is 1310. The maximum absolute atomic E-state index is 14.3. The number of halogens is 1. The van der Waals surface area contributed by atoms with Crippen LogP contribution < -0.4 is 10.2 Å². The molecule has 1 spiro atoms. The van der Waals surface area contributed by atoms with E-state index in [9.17, 15) is 9.18 Å². The summed E-state index contributed by atoms with van der Waals surface area (Å²) < 4.78 is 16.0. The number of nitrogens with one attached hydrogen (secondary N) is 1. The number of alkyl halides is 1. The molecule has 4 saturated carbocycles. The Labute approximate surface area is 183 Å². The summed E-state index contributed by atoms with van der Waals surface area (Å²) in [6.07, 6.45) is 10.1. The molecule has 3 aromatic heterocycles. The highest BCUT2D eigenvalue weighted by molar-refractivity contribution is 6.10. The standard InChI is InChI=1S/C23H22FN7O/c1-13-5-16(14-6-27-30(2)9-14)25-8-17(13)28-20-26-7-15-18(29-20)31(19(32)23(15)3-4-23)22-10-21(24,11-22)12-22/h5-9H,3-4,10-12H2,1-2H3,(H,26,28,29). The van der Waals surface area contributed by atoms with Crippen molar-refractivity contribution in [3.8, 4) is 11.3 Å². The van der Waals surface area contributed by atoms with Gasteiger partial charge in [-0.2, -0.15) is 10.1 Å². The zero-order valence-electron chi connectivity index (χ0n) is 17.9. The minimum absolute atomic E-state index is 0.0828. The van der Waals surface area contributed by atoms with E-state index in [1.807, 2.05) is 26.2 Å². The first-order chi connectivity index (χ1) is 15.3. The molecule has 4 heterocycles. The summed E-state index contributed by atoms with van der Waals surface area (Å²) >= 11 is 0. The summed E-state index contributed by atoms with van der Waals surface area (Å²) in [5, 5.41) is 7.46. The quantitative estimate of drug-likeness (QED) is 0.682. The average molecular weight is 431 g/mol. The van der Waals surface area contributed by atoms with Crippen molar-refractivity contribution in [2.45, 2.75) is 55.7 Å². The lowest BCUT2D eigenvalue weighted by molar-refractivity contribution is -0.160. The normalized spacial score (nSPS) is 28.3. The van der Waals surface area contributed by atoms with Gasteiger partial charge in [-0.25, -0.2) is 9.37 Å². The number of hydrogen-bond acceptors (Lipinski definition) is 6. The molecule has 0 atom stereocenters. The smallest absolute Gasteiger partial charge is 0.239 e. The Morgan fingerprint density at radius 3 is 2.53 bits per heavy atom. The van der Waals surface area contributed by atoms with Gasteiger partial charge in [-0.1, -0.05) is 0 Å². The molecule has 8 nitrogen and oxygen atoms in total. The van der Waals surface area contributed by atoms with Crippen LogP contribution in [-0.2, 0) is 17.3 Å². The summed E-state index contributed by atoms with van der Waals surface area (Å²) in [5.41, 5.74) is 2.53. The molecular formula is C23H22FN7O. The molecule has 9 heteroatoms. The van der Waals surface area contributed by atoms with Crippen molar-refractivity contribution in [2.75, 3.05) is 10.2 Å². The van der Waals surface area contributed by atoms with Gasteiger partial charge in [0.25, 0.3) is 0 Å². The summed E-state index contributed by atoms with van der Waals surface area (Å²) in [5.74, 6) is 1.16. The zero-order valence-corrected chi connectivity index (χ0v) is 17.9. The summed E-state index contributed by atoms with van der Waals surface area (Å²) in [6, 6.07) is 1.99. The molecule has 0 aromatic carbocycles. The average Bonchev–Trinajstić information content (AvgIpc) is 3.35. The minimum atomic E-state index is -1.08. The molecule has 5 aliphatic rings. The van der Waals surface area contributed by atoms with Crippen LogP contribution in [0.3, 0.4) is 0 Å². The van der Waals surface area contributed by atoms with Crippen LogP contribution in [0.15, 0.2) is 30.9 Å². The van der Waals surface area contributed by atoms with Crippen LogP contribution in [0.2, 0.25) is 0 Å². The summed E-state index contributed by atoms with van der Waals surface area (Å²) in [4.78, 5) is 28.9. The first-order valence-electron chi connectivity index (χ1n) is 10.9. The van der Waals surface area contributed by atoms with Crippen molar-refractivity contribution in [1.82, 2.24) is 24.7 Å². The third-order valence-electron chi connectivity index (χ3n) is 7.63. The fourth-order valence-electron chi connectivity index (χ4n) is 5.78. The number of carbonyl (C=O) groups excluding carboxylic acids is 1. The Morgan fingerprint density at radius 1 is 1.12 bits per heavy atom. The largest absolute Gasteiger partial charge is 0.323 e. The second-order valence-electron chi connectivity index (χ2n) is 9.97. The van der Waals surface area contributed by atoms with Crippen LogP contribution in [0.5, 0.6) is 0 Å². The van der Waals surface area contributed by atoms with E-state index in [4.69, 9.17) is 4.98 Å². The fourth-order valence-corrected chi connectivity index (χ4v) is 5.78. The fraction of sp³-hybridized carbons (Fsp3) is 0.435. The van der Waals surface area contributed by atoms with Crippen LogP contribution in [0.4, 0.5) is 21.8 Å². The van der Waals surface area contributed by atoms with Crippen molar-refractivity contribution >= 4 is 23.4 Å². The summed E-state index contributed by atoms with van der Waals surface area (Å²) in [7, 11) is 1.87. The monoisotopic (exact) mass is 431 g/mol. The number of aromatic nitrogens is 5. The number of hydrogen-bond donors (Lipinski definition) is 1. The lowest BCUT2D eigenvalue weighted by atomic mass is 9.46. The van der Waals surface area contributed by atoms with Gasteiger partial charge in [0.15, 0.2) is 0 Å². The van der Waals surface area contributed by atoms with Gasteiger partial charge < -0.3 is 5.32 Å². The van der Waals surface area contributed by atoms with Crippen molar-refractivity contribution < 1.29 is 9.18 Å². The van der Waals surface area contributed by atoms with E-state index in [0.717, 1.165) is 40.9 Å². The number of anilines is 3. The van der Waals surface area contributed by atoms with Crippen LogP contribution in [0.1, 0.15) is 43.2 Å². The third kappa shape index (κ3) is 2.23. The highest BCUT2D eigenvalue weighted by atomic mass is 19.1. The van der Waals surface area contributed by atoms with Gasteiger partial charge in [-0.3, -0.25) is 19.4 Å². The van der Waals surface area contributed by atoms with Crippen LogP contribution in [0.25, 0.3) is 11.3 Å². The summed E-state index contributed by atoms with van der Waals surface area (Å²) in [6.45, 7) is 1.99. The first kappa shape index (κ1) is 18.2. The van der Waals surface area contributed by atoms with Crippen molar-refractivity contribution in [3.63, 3.8) is 0 Å². The van der Waals surface area contributed by atoms with Crippen LogP contribution in [0, 0.1) is 6.92 Å². The third-order valence-corrected chi connectivity index (χ3v) is 7.63. The van der Waals surface area contributed by atoms with Crippen molar-refractivity contribution in [1.29, 1.82) is 0 Å². The first-order valence-corrected chi connectivity index (χ1v) is 10.9. The van der Waals surface area contributed by atoms with Gasteiger partial charge in [0.1, 0.15) is 11.5 Å². The molecule has 1 aliphatic heterocycles. The molecule has 2 bridgehead atoms. The lowest BCUT2D eigenvalue weighted by Gasteiger charge is -2.68. The second-order valence-corrected chi connectivity index (χ2v) is 9.97. The van der Waals surface area contributed by atoms with E-state index in [-0.39, 0.29) is 11.4 Å². The lowest BCUT2D eigenvalue weighted by Crippen LogP contribution is -2.78. The number of aryl methyl sites for hydroxylation is 2. The molecule has 1 amide bonds. The van der Waals surface area contributed by atoms with Gasteiger partial charge in [0, 0.05) is 49.8 Å². The van der Waals surface area contributed by atoms with E-state index in [0.29, 0.717) is 31.0 Å². The Kier molecular flexibility index (Phi) is 3.14. The van der Waals surface area contributed by atoms with Gasteiger partial charge in [-0.05, 0) is 31.4 Å². The Balaban J connectivity index is 1.22. The Hall–Kier alpha value is -3.36. The van der Waals surface area contributed by atoms with E-state index in [1.54, 1.807) is 28.2 Å². The molecule has 0 radical (unpaired) electrons. The molecule has 8 rings (SSSR count). The number of amides is 1. The van der Waals surface area contributed by atoms with E-state index >= 15 is 0 Å². The number of pyridine rings is 1. The van der Waals surface area contributed by atoms with Crippen LogP contribution in [-0.4, -0.2) is 41.8 Å². The predicted octanol–water partition coefficient (Wildman–Crippen LogP) is 3.35. The molecule has 4 fully saturated rings. The highest BCUT2D eigenvalue weighted by Gasteiger charge is 2.76. The van der Waals surface area contributed by atoms with E-state index in [2.05, 4.69) is 20.4 Å². The second kappa shape index (κ2) is 5.51. The van der Waals surface area contributed by atoms with Crippen molar-refractivity contribution in [2.24, 2.45) is 7.05 Å². The molecule has 0 saturated heterocycles. The maximum Gasteiger partial charge on any atom is 0.239 e. The SMILES string of the molecule is Cc1cc(-c2cnn(C)c2)ncc1Nc1ncc2c(n1)N(C13CC(F)(C1)C3)C(=O)C21CC1. The molecule has 1 N–H and O–H groups in total. The van der Waals surface area contributed by atoms with E-state index < -0.39 is 11.1 Å². The molecule has 4 aliphatic carbocycles. The predicted molar refractivity (Wildman–Crippen MR) is 115 cm³/mol. The minimum Gasteiger partial charge on any atom is -0.323 e. The number of rotatable bonds is 4. The number of carbonyl (C=O) groups is 1. The van der Waals surface area contributed by atoms with Gasteiger partial charge in [0.2, 0.25) is 11.9 Å². The molecule has 0 unspecified atom stereocenters. The molecule has 162 valence electrons. The van der Waals surface area contributed by atoms with Crippen LogP contribution >= 0.6 is 0 Å². The molecule has 32 heavy (non-hydrogen) atoms. The number of nitrogens with zero attached hydrogens (tertiary/aromatic N) is 6. The highest BCUT2D eigenvalue weighted by Crippen LogP contribution is 2.70. The number of fused-ring (bicyclic) bond motifs is 2. The zero-order chi connectivity index (χ0) is 21.9. The van der Waals surface area contributed by atoms with E-state index in [1.165, 1.54) is 0 Å². The van der Waals surface area contributed by atoms with Crippen molar-refractivity contribution in [3.05, 3.63) is 42.0 Å². The Morgan fingerprint density at radius 2 is 1.91 bits per heavy atom. The van der Waals surface area contributed by atoms with Gasteiger partial charge in [0.05, 0.1) is 34.7 Å². The molecule has 3 aromatic rings. The maximum atomic E-state index is 14.3.